The number of phenols is 3. The van der Waals surface area contributed by atoms with Crippen molar-refractivity contribution in [2.75, 3.05) is 33.5 Å². The predicted molar refractivity (Wildman–Crippen MR) is 342 cm³/mol. The van der Waals surface area contributed by atoms with E-state index in [4.69, 9.17) is 23.7 Å². The number of benzene rings is 4. The molecule has 12 heteroatoms. The molecule has 0 aliphatic heterocycles. The van der Waals surface area contributed by atoms with Crippen molar-refractivity contribution < 1.29 is 58.2 Å². The standard InChI is InChI=1S/C73H106O12/c1-45(2)50-33-46(40-57(65(50)81-24)72(21,22)23)25-29-58(74)82-41-73(42-83-59(75)30-26-47-34-51(66(3,4)5)62(78)52(35-47)67(6,7)8,43-84-60(76)31-27-48-36-53(68(9,10)11)63(79)54(37-48)69(12,13)14)44-85-61(77)32-28-49-38-55(70(15,16)17)64(80)56(39-49)71(18,19)20/h33-40,78-80H,1,25-32,41-44H2,2-24H3. The first-order chi connectivity index (χ1) is 38.7. The van der Waals surface area contributed by atoms with E-state index in [1.165, 1.54) is 0 Å². The van der Waals surface area contributed by atoms with Gasteiger partial charge in [-0.3, -0.25) is 19.2 Å². The summed E-state index contributed by atoms with van der Waals surface area (Å²) in [6.07, 6.45) is 0.931. The molecule has 0 radical (unpaired) electrons. The molecular weight excluding hydrogens is 1070 g/mol. The lowest BCUT2D eigenvalue weighted by atomic mass is 9.78. The van der Waals surface area contributed by atoms with E-state index in [9.17, 15) is 34.5 Å². The average Bonchev–Trinajstić information content (AvgIpc) is 1.14. The summed E-state index contributed by atoms with van der Waals surface area (Å²) in [4.78, 5) is 56.4. The van der Waals surface area contributed by atoms with E-state index >= 15 is 0 Å². The SMILES string of the molecule is C=C(C)c1cc(CCC(=O)OCC(COC(=O)CCc2cc(C(C)(C)C)c(O)c(C(C)(C)C)c2)(COC(=O)CCc2cc(C(C)(C)C)c(O)c(C(C)(C)C)c2)COC(=O)CCc2cc(C(C)(C)C)c(O)c(C(C)(C)C)c2)cc(C(C)(C)C)c1OC. The van der Waals surface area contributed by atoms with Crippen LogP contribution < -0.4 is 4.74 Å². The van der Waals surface area contributed by atoms with Crippen LogP contribution in [0.4, 0.5) is 0 Å². The average molecular weight is 1180 g/mol. The summed E-state index contributed by atoms with van der Waals surface area (Å²) in [6.45, 7) is 47.0. The van der Waals surface area contributed by atoms with Crippen molar-refractivity contribution >= 4 is 29.5 Å². The highest BCUT2D eigenvalue weighted by atomic mass is 16.6. The first-order valence-electron chi connectivity index (χ1n) is 30.3. The maximum atomic E-state index is 14.1. The number of carbonyl (C=O) groups excluding carboxylic acids is 4. The topological polar surface area (TPSA) is 175 Å². The fourth-order valence-electron chi connectivity index (χ4n) is 10.3. The van der Waals surface area contributed by atoms with E-state index in [0.717, 1.165) is 78.1 Å². The first kappa shape index (κ1) is 71.2. The van der Waals surface area contributed by atoms with Gasteiger partial charge in [-0.05, 0) is 138 Å². The van der Waals surface area contributed by atoms with Crippen molar-refractivity contribution in [2.24, 2.45) is 5.41 Å². The Labute approximate surface area is 510 Å². The molecule has 0 aliphatic rings. The minimum Gasteiger partial charge on any atom is -0.507 e. The molecule has 0 amide bonds. The quantitative estimate of drug-likeness (QED) is 0.0502. The molecule has 470 valence electrons. The Morgan fingerprint density at radius 2 is 0.565 bits per heavy atom. The van der Waals surface area contributed by atoms with Crippen LogP contribution >= 0.6 is 0 Å². The third-order valence-electron chi connectivity index (χ3n) is 15.6. The lowest BCUT2D eigenvalue weighted by Gasteiger charge is -2.32. The van der Waals surface area contributed by atoms with Gasteiger partial charge in [0, 0.05) is 36.8 Å². The third kappa shape index (κ3) is 19.9. The molecule has 0 atom stereocenters. The Morgan fingerprint density at radius 3 is 0.753 bits per heavy atom. The van der Waals surface area contributed by atoms with Crippen LogP contribution in [-0.4, -0.2) is 72.7 Å². The minimum atomic E-state index is -1.57. The molecule has 4 rings (SSSR count). The van der Waals surface area contributed by atoms with E-state index < -0.39 is 88.2 Å². The number of carbonyl (C=O) groups is 4. The molecule has 12 nitrogen and oxygen atoms in total. The van der Waals surface area contributed by atoms with Crippen molar-refractivity contribution in [1.29, 1.82) is 0 Å². The lowest BCUT2D eigenvalue weighted by molar-refractivity contribution is -0.170. The van der Waals surface area contributed by atoms with Crippen LogP contribution in [0.1, 0.15) is 245 Å². The molecule has 0 saturated carbocycles. The highest BCUT2D eigenvalue weighted by molar-refractivity contribution is 5.73. The number of ether oxygens (including phenoxy) is 5. The Bertz CT molecular complexity index is 2700. The van der Waals surface area contributed by atoms with E-state index in [-0.39, 0.29) is 67.6 Å². The number of rotatable bonds is 22. The van der Waals surface area contributed by atoms with Crippen LogP contribution in [-0.2, 0) is 102 Å². The number of allylic oxidation sites excluding steroid dienone is 1. The van der Waals surface area contributed by atoms with Crippen molar-refractivity contribution in [3.8, 4) is 23.0 Å². The Hall–Kier alpha value is -6.30. The van der Waals surface area contributed by atoms with Gasteiger partial charge in [0.15, 0.2) is 0 Å². The van der Waals surface area contributed by atoms with Gasteiger partial charge in [0.1, 0.15) is 54.8 Å². The summed E-state index contributed by atoms with van der Waals surface area (Å²) >= 11 is 0. The lowest BCUT2D eigenvalue weighted by Crippen LogP contribution is -2.44. The van der Waals surface area contributed by atoms with Crippen molar-refractivity contribution in [1.82, 2.24) is 0 Å². The number of phenolic OH excluding ortho intramolecular Hbond substituents is 3. The molecule has 3 N–H and O–H groups in total. The van der Waals surface area contributed by atoms with E-state index in [1.807, 2.05) is 180 Å². The Morgan fingerprint density at radius 1 is 0.365 bits per heavy atom. The zero-order chi connectivity index (χ0) is 64.8. The maximum absolute atomic E-state index is 14.1. The second-order valence-corrected chi connectivity index (χ2v) is 31.0. The molecule has 0 aromatic heterocycles. The monoisotopic (exact) mass is 1170 g/mol. The van der Waals surface area contributed by atoms with Gasteiger partial charge in [0.05, 0.1) is 7.11 Å². The fraction of sp³-hybridized carbons (Fsp3) is 0.589. The molecule has 0 aliphatic carbocycles. The Kier molecular flexibility index (Phi) is 22.8. The van der Waals surface area contributed by atoms with E-state index in [2.05, 4.69) is 27.4 Å². The van der Waals surface area contributed by atoms with Crippen LogP contribution in [0.15, 0.2) is 55.1 Å². The van der Waals surface area contributed by atoms with Gasteiger partial charge in [-0.25, -0.2) is 0 Å². The normalized spacial score (nSPS) is 12.9. The summed E-state index contributed by atoms with van der Waals surface area (Å²) in [5.74, 6) is -0.949. The molecule has 4 aromatic rings. The smallest absolute Gasteiger partial charge is 0.306 e. The number of aromatic hydroxyl groups is 3. The van der Waals surface area contributed by atoms with Gasteiger partial charge in [0.2, 0.25) is 0 Å². The highest BCUT2D eigenvalue weighted by Crippen LogP contribution is 2.44. The molecule has 0 saturated heterocycles. The van der Waals surface area contributed by atoms with Gasteiger partial charge in [0.25, 0.3) is 0 Å². The highest BCUT2D eigenvalue weighted by Gasteiger charge is 2.39. The second-order valence-electron chi connectivity index (χ2n) is 31.0. The van der Waals surface area contributed by atoms with Crippen LogP contribution in [0.2, 0.25) is 0 Å². The molecule has 0 heterocycles. The van der Waals surface area contributed by atoms with Gasteiger partial charge in [-0.2, -0.15) is 0 Å². The number of methoxy groups -OCH3 is 1. The van der Waals surface area contributed by atoms with Gasteiger partial charge in [-0.15, -0.1) is 0 Å². The fourth-order valence-corrected chi connectivity index (χ4v) is 10.3. The number of esters is 4. The van der Waals surface area contributed by atoms with Crippen LogP contribution in [0, 0.1) is 5.41 Å². The van der Waals surface area contributed by atoms with Crippen LogP contribution in [0.3, 0.4) is 0 Å². The van der Waals surface area contributed by atoms with Gasteiger partial charge < -0.3 is 39.0 Å². The third-order valence-corrected chi connectivity index (χ3v) is 15.6. The largest absolute Gasteiger partial charge is 0.507 e. The molecule has 0 spiro atoms. The van der Waals surface area contributed by atoms with E-state index in [1.54, 1.807) is 7.11 Å². The molecule has 85 heavy (non-hydrogen) atoms. The minimum absolute atomic E-state index is 0.0415. The summed E-state index contributed by atoms with van der Waals surface area (Å²) in [5, 5.41) is 34.3. The summed E-state index contributed by atoms with van der Waals surface area (Å²) in [7, 11) is 1.63. The molecule has 0 bridgehead atoms. The van der Waals surface area contributed by atoms with Crippen LogP contribution in [0.5, 0.6) is 23.0 Å². The van der Waals surface area contributed by atoms with Crippen molar-refractivity contribution in [3.05, 3.63) is 122 Å². The number of aryl methyl sites for hydroxylation is 4. The molecule has 4 aromatic carbocycles. The summed E-state index contributed by atoms with van der Waals surface area (Å²) in [5.41, 5.74) is 6.31. The zero-order valence-electron chi connectivity index (χ0n) is 56.3. The van der Waals surface area contributed by atoms with Crippen molar-refractivity contribution in [2.45, 2.75) is 242 Å². The van der Waals surface area contributed by atoms with Crippen molar-refractivity contribution in [3.63, 3.8) is 0 Å². The first-order valence-corrected chi connectivity index (χ1v) is 30.3. The molecule has 0 fully saturated rings. The summed E-state index contributed by atoms with van der Waals surface area (Å²) in [6, 6.07) is 15.5. The van der Waals surface area contributed by atoms with E-state index in [0.29, 0.717) is 6.42 Å². The predicted octanol–water partition coefficient (Wildman–Crippen LogP) is 15.9. The van der Waals surface area contributed by atoms with Crippen LogP contribution in [0.25, 0.3) is 5.57 Å². The number of hydrogen-bond acceptors (Lipinski definition) is 12. The van der Waals surface area contributed by atoms with Gasteiger partial charge in [-0.1, -0.05) is 194 Å². The molecular formula is C73H106O12. The van der Waals surface area contributed by atoms with Gasteiger partial charge >= 0.3 is 23.9 Å². The Balaban J connectivity index is 1.76. The molecule has 0 unspecified atom stereocenters. The second kappa shape index (κ2) is 27.2. The maximum Gasteiger partial charge on any atom is 0.306 e. The summed E-state index contributed by atoms with van der Waals surface area (Å²) < 4.78 is 30.3. The zero-order valence-corrected chi connectivity index (χ0v) is 56.3. The number of hydrogen-bond donors (Lipinski definition) is 3.